The number of fused-ring (bicyclic) bond motifs is 1. The Balaban J connectivity index is 1.59. The van der Waals surface area contributed by atoms with E-state index < -0.39 is 6.10 Å². The van der Waals surface area contributed by atoms with Crippen molar-refractivity contribution in [2.45, 2.75) is 13.0 Å². The topological polar surface area (TPSA) is 63.6 Å². The Hall–Kier alpha value is -3.21. The summed E-state index contributed by atoms with van der Waals surface area (Å²) in [5.41, 5.74) is 3.33. The minimum Gasteiger partial charge on any atom is -0.481 e. The number of hydrazone groups is 1. The van der Waals surface area contributed by atoms with E-state index in [-0.39, 0.29) is 5.91 Å². The Bertz CT molecular complexity index is 863. The molecule has 5 nitrogen and oxygen atoms in total. The molecule has 120 valence electrons. The molecule has 3 rings (SSSR count). The van der Waals surface area contributed by atoms with Crippen LogP contribution in [0.2, 0.25) is 0 Å². The number of hydrogen-bond acceptors (Lipinski definition) is 4. The molecular weight excluding hydrogens is 302 g/mol. The van der Waals surface area contributed by atoms with Crippen molar-refractivity contribution in [3.63, 3.8) is 0 Å². The van der Waals surface area contributed by atoms with Crippen LogP contribution in [-0.2, 0) is 4.79 Å². The molecule has 1 heterocycles. The third kappa shape index (κ3) is 3.95. The lowest BCUT2D eigenvalue weighted by Gasteiger charge is -2.13. The van der Waals surface area contributed by atoms with Crippen molar-refractivity contribution in [2.75, 3.05) is 0 Å². The van der Waals surface area contributed by atoms with E-state index in [0.29, 0.717) is 5.75 Å². The molecule has 0 unspecified atom stereocenters. The van der Waals surface area contributed by atoms with Gasteiger partial charge in [0, 0.05) is 12.4 Å². The number of aromatic nitrogens is 1. The van der Waals surface area contributed by atoms with Gasteiger partial charge in [0.15, 0.2) is 6.10 Å². The van der Waals surface area contributed by atoms with Gasteiger partial charge in [-0.1, -0.05) is 30.3 Å². The van der Waals surface area contributed by atoms with E-state index in [1.165, 1.54) is 0 Å². The highest BCUT2D eigenvalue weighted by Crippen LogP contribution is 2.21. The fraction of sp³-hybridized carbons (Fsp3) is 0.105. The Morgan fingerprint density at radius 2 is 1.88 bits per heavy atom. The van der Waals surface area contributed by atoms with Crippen LogP contribution in [0.3, 0.4) is 0 Å². The van der Waals surface area contributed by atoms with Crippen LogP contribution in [0.4, 0.5) is 0 Å². The summed E-state index contributed by atoms with van der Waals surface area (Å²) >= 11 is 0. The number of rotatable bonds is 5. The van der Waals surface area contributed by atoms with Gasteiger partial charge in [0.25, 0.3) is 5.91 Å². The first-order valence-corrected chi connectivity index (χ1v) is 7.61. The van der Waals surface area contributed by atoms with Gasteiger partial charge in [0.2, 0.25) is 0 Å². The molecule has 0 aliphatic heterocycles. The number of benzene rings is 2. The highest BCUT2D eigenvalue weighted by molar-refractivity contribution is 5.85. The van der Waals surface area contributed by atoms with E-state index in [0.717, 1.165) is 16.3 Å². The van der Waals surface area contributed by atoms with E-state index in [4.69, 9.17) is 4.74 Å². The molecule has 0 saturated carbocycles. The van der Waals surface area contributed by atoms with Crippen molar-refractivity contribution in [3.05, 3.63) is 72.6 Å². The molecule has 3 aromatic rings. The van der Waals surface area contributed by atoms with E-state index >= 15 is 0 Å². The summed E-state index contributed by atoms with van der Waals surface area (Å²) in [7, 11) is 0. The minimum atomic E-state index is -0.652. The maximum absolute atomic E-state index is 12.0. The van der Waals surface area contributed by atoms with Crippen LogP contribution in [0, 0.1) is 0 Å². The molecule has 1 atom stereocenters. The number of hydrogen-bond donors (Lipinski definition) is 1. The number of amides is 1. The van der Waals surface area contributed by atoms with E-state index in [9.17, 15) is 4.79 Å². The molecule has 0 spiro atoms. The maximum atomic E-state index is 12.0. The standard InChI is InChI=1S/C19H17N3O2/c1-14(19(23)22-21-13-15-8-10-20-11-9-15)24-18-7-6-16-4-2-3-5-17(16)12-18/h2-14H,1H3,(H,22,23)/b21-13-/t14-/m0/s1. The van der Waals surface area contributed by atoms with Gasteiger partial charge in [0.1, 0.15) is 5.75 Å². The highest BCUT2D eigenvalue weighted by atomic mass is 16.5. The predicted octanol–water partition coefficient (Wildman–Crippen LogP) is 3.15. The summed E-state index contributed by atoms with van der Waals surface area (Å²) < 4.78 is 5.69. The summed E-state index contributed by atoms with van der Waals surface area (Å²) in [5, 5.41) is 6.12. The number of nitrogens with zero attached hydrogens (tertiary/aromatic N) is 2. The second-order valence-electron chi connectivity index (χ2n) is 5.28. The molecule has 1 N–H and O–H groups in total. The average Bonchev–Trinajstić information content (AvgIpc) is 2.62. The summed E-state index contributed by atoms with van der Waals surface area (Å²) in [5.74, 6) is 0.336. The first kappa shape index (κ1) is 15.7. The number of nitrogens with one attached hydrogen (secondary N) is 1. The minimum absolute atomic E-state index is 0.312. The second-order valence-corrected chi connectivity index (χ2v) is 5.28. The molecule has 0 saturated heterocycles. The van der Waals surface area contributed by atoms with Crippen molar-refractivity contribution in [1.82, 2.24) is 10.4 Å². The normalized spacial score (nSPS) is 12.2. The van der Waals surface area contributed by atoms with E-state index in [2.05, 4.69) is 15.5 Å². The van der Waals surface area contributed by atoms with Crippen molar-refractivity contribution in [1.29, 1.82) is 0 Å². The van der Waals surface area contributed by atoms with Gasteiger partial charge in [-0.3, -0.25) is 9.78 Å². The van der Waals surface area contributed by atoms with Gasteiger partial charge in [-0.05, 0) is 47.5 Å². The fourth-order valence-electron chi connectivity index (χ4n) is 2.21. The first-order chi connectivity index (χ1) is 11.7. The average molecular weight is 319 g/mol. The summed E-state index contributed by atoms with van der Waals surface area (Å²) in [6.45, 7) is 1.69. The number of ether oxygens (including phenoxy) is 1. The van der Waals surface area contributed by atoms with Crippen LogP contribution in [0.15, 0.2) is 72.1 Å². The number of carbonyl (C=O) groups is 1. The van der Waals surface area contributed by atoms with Crippen LogP contribution in [0.25, 0.3) is 10.8 Å². The van der Waals surface area contributed by atoms with Crippen LogP contribution in [-0.4, -0.2) is 23.2 Å². The lowest BCUT2D eigenvalue weighted by atomic mass is 10.1. The predicted molar refractivity (Wildman–Crippen MR) is 94.0 cm³/mol. The Kier molecular flexibility index (Phi) is 4.81. The molecule has 1 amide bonds. The van der Waals surface area contributed by atoms with Crippen molar-refractivity contribution < 1.29 is 9.53 Å². The summed E-state index contributed by atoms with van der Waals surface area (Å²) in [6.07, 6.45) is 4.23. The quantitative estimate of drug-likeness (QED) is 0.580. The zero-order valence-corrected chi connectivity index (χ0v) is 13.2. The smallest absolute Gasteiger partial charge is 0.280 e. The fourth-order valence-corrected chi connectivity index (χ4v) is 2.21. The maximum Gasteiger partial charge on any atom is 0.280 e. The van der Waals surface area contributed by atoms with Crippen molar-refractivity contribution in [2.24, 2.45) is 5.10 Å². The molecule has 0 aliphatic carbocycles. The first-order valence-electron chi connectivity index (χ1n) is 7.61. The lowest BCUT2D eigenvalue weighted by molar-refractivity contribution is -0.127. The monoisotopic (exact) mass is 319 g/mol. The van der Waals surface area contributed by atoms with Gasteiger partial charge < -0.3 is 4.74 Å². The largest absolute Gasteiger partial charge is 0.481 e. The Labute approximate surface area is 140 Å². The molecule has 1 aromatic heterocycles. The van der Waals surface area contributed by atoms with Gasteiger partial charge in [-0.25, -0.2) is 5.43 Å². The number of pyridine rings is 1. The van der Waals surface area contributed by atoms with E-state index in [1.807, 2.05) is 42.5 Å². The zero-order chi connectivity index (χ0) is 16.8. The van der Waals surface area contributed by atoms with Gasteiger partial charge in [0.05, 0.1) is 6.21 Å². The lowest BCUT2D eigenvalue weighted by Crippen LogP contribution is -2.33. The third-order valence-electron chi connectivity index (χ3n) is 3.50. The molecule has 24 heavy (non-hydrogen) atoms. The van der Waals surface area contributed by atoms with Crippen molar-refractivity contribution >= 4 is 22.9 Å². The van der Waals surface area contributed by atoms with Gasteiger partial charge in [-0.15, -0.1) is 0 Å². The van der Waals surface area contributed by atoms with E-state index in [1.54, 1.807) is 37.7 Å². The number of carbonyl (C=O) groups excluding carboxylic acids is 1. The van der Waals surface area contributed by atoms with Crippen LogP contribution >= 0.6 is 0 Å². The molecular formula is C19H17N3O2. The van der Waals surface area contributed by atoms with Gasteiger partial charge in [-0.2, -0.15) is 5.10 Å². The SMILES string of the molecule is C[C@H](Oc1ccc2ccccc2c1)C(=O)N/N=C\c1ccncc1. The zero-order valence-electron chi connectivity index (χ0n) is 13.2. The summed E-state index contributed by atoms with van der Waals surface area (Å²) in [6, 6.07) is 17.3. The van der Waals surface area contributed by atoms with Crippen molar-refractivity contribution in [3.8, 4) is 5.75 Å². The Morgan fingerprint density at radius 1 is 1.12 bits per heavy atom. The Morgan fingerprint density at radius 3 is 2.67 bits per heavy atom. The second kappa shape index (κ2) is 7.37. The highest BCUT2D eigenvalue weighted by Gasteiger charge is 2.14. The summed E-state index contributed by atoms with van der Waals surface area (Å²) in [4.78, 5) is 16.0. The molecule has 2 aromatic carbocycles. The molecule has 5 heteroatoms. The van der Waals surface area contributed by atoms with Crippen LogP contribution < -0.4 is 10.2 Å². The van der Waals surface area contributed by atoms with Crippen LogP contribution in [0.1, 0.15) is 12.5 Å². The molecule has 0 radical (unpaired) electrons. The molecule has 0 fully saturated rings. The third-order valence-corrected chi connectivity index (χ3v) is 3.50. The van der Waals surface area contributed by atoms with Crippen LogP contribution in [0.5, 0.6) is 5.75 Å². The van der Waals surface area contributed by atoms with Gasteiger partial charge >= 0.3 is 0 Å². The molecule has 0 aliphatic rings. The molecule has 0 bridgehead atoms.